The van der Waals surface area contributed by atoms with Crippen molar-refractivity contribution in [1.29, 1.82) is 0 Å². The van der Waals surface area contributed by atoms with Gasteiger partial charge in [0.05, 0.1) is 11.4 Å². The van der Waals surface area contributed by atoms with Crippen LogP contribution in [0.4, 0.5) is 0 Å². The summed E-state index contributed by atoms with van der Waals surface area (Å²) >= 11 is 0. The molecule has 2 atom stereocenters. The highest BCUT2D eigenvalue weighted by Crippen LogP contribution is 2.37. The van der Waals surface area contributed by atoms with E-state index in [4.69, 9.17) is 9.68 Å². The molecule has 0 radical (unpaired) electrons. The molecule has 0 N–H and O–H groups in total. The molecule has 4 heteroatoms. The Balaban J connectivity index is 1.76. The van der Waals surface area contributed by atoms with Gasteiger partial charge in [-0.05, 0) is 12.8 Å². The first-order chi connectivity index (χ1) is 7.45. The largest absolute Gasteiger partial charge is 0.395 e. The second-order valence-electron chi connectivity index (χ2n) is 4.48. The van der Waals surface area contributed by atoms with E-state index in [0.717, 1.165) is 26.1 Å². The van der Waals surface area contributed by atoms with Crippen molar-refractivity contribution >= 4 is 11.4 Å². The minimum absolute atomic E-state index is 0.577. The van der Waals surface area contributed by atoms with Crippen molar-refractivity contribution in [3.8, 4) is 0 Å². The van der Waals surface area contributed by atoms with Crippen LogP contribution in [-0.4, -0.2) is 24.6 Å². The normalized spacial score (nSPS) is 34.7. The minimum atomic E-state index is 0.577. The molecule has 0 bridgehead atoms. The van der Waals surface area contributed by atoms with Crippen molar-refractivity contribution in [3.63, 3.8) is 0 Å². The third kappa shape index (κ3) is 1.62. The van der Waals surface area contributed by atoms with Crippen molar-refractivity contribution in [2.75, 3.05) is 13.2 Å². The molecule has 3 aliphatic rings. The van der Waals surface area contributed by atoms with Crippen LogP contribution in [-0.2, 0) is 9.68 Å². The predicted molar refractivity (Wildman–Crippen MR) is 56.8 cm³/mol. The van der Waals surface area contributed by atoms with Crippen molar-refractivity contribution < 1.29 is 9.68 Å². The first-order valence-electron chi connectivity index (χ1n) is 5.82. The molecule has 1 saturated carbocycles. The Labute approximate surface area is 89.3 Å². The van der Waals surface area contributed by atoms with Gasteiger partial charge in [-0.2, -0.15) is 0 Å². The lowest BCUT2D eigenvalue weighted by molar-refractivity contribution is 0.173. The summed E-state index contributed by atoms with van der Waals surface area (Å²) < 4.78 is 0. The number of hydrogen-bond acceptors (Lipinski definition) is 4. The van der Waals surface area contributed by atoms with Gasteiger partial charge in [0.15, 0.2) is 0 Å². The van der Waals surface area contributed by atoms with E-state index in [1.54, 1.807) is 0 Å². The smallest absolute Gasteiger partial charge is 0.122 e. The zero-order chi connectivity index (χ0) is 10.1. The van der Waals surface area contributed by atoms with Crippen LogP contribution in [0.15, 0.2) is 10.3 Å². The van der Waals surface area contributed by atoms with Crippen molar-refractivity contribution in [1.82, 2.24) is 0 Å². The first kappa shape index (κ1) is 9.19. The van der Waals surface area contributed by atoms with Gasteiger partial charge in [-0.3, -0.25) is 0 Å². The topological polar surface area (TPSA) is 43.2 Å². The van der Waals surface area contributed by atoms with Gasteiger partial charge in [0.2, 0.25) is 0 Å². The molecule has 2 heterocycles. The van der Waals surface area contributed by atoms with E-state index in [9.17, 15) is 0 Å². The van der Waals surface area contributed by atoms with Gasteiger partial charge in [-0.1, -0.05) is 16.7 Å². The summed E-state index contributed by atoms with van der Waals surface area (Å²) in [5.74, 6) is 1.15. The molecule has 0 amide bonds. The maximum atomic E-state index is 5.10. The molecule has 3 rings (SSSR count). The van der Waals surface area contributed by atoms with Crippen LogP contribution >= 0.6 is 0 Å². The van der Waals surface area contributed by atoms with Crippen LogP contribution in [0, 0.1) is 11.8 Å². The van der Waals surface area contributed by atoms with Gasteiger partial charge in [-0.25, -0.2) is 0 Å². The van der Waals surface area contributed by atoms with Crippen LogP contribution < -0.4 is 0 Å². The molecule has 82 valence electrons. The summed E-state index contributed by atoms with van der Waals surface area (Å²) in [6.07, 6.45) is 5.79. The van der Waals surface area contributed by atoms with Crippen LogP contribution in [0.3, 0.4) is 0 Å². The highest BCUT2D eigenvalue weighted by atomic mass is 16.6. The molecule has 2 unspecified atom stereocenters. The van der Waals surface area contributed by atoms with E-state index in [0.29, 0.717) is 11.8 Å². The molecular formula is C11H16N2O2. The van der Waals surface area contributed by atoms with Crippen LogP contribution in [0.1, 0.15) is 32.1 Å². The maximum Gasteiger partial charge on any atom is 0.122 e. The van der Waals surface area contributed by atoms with Gasteiger partial charge < -0.3 is 9.68 Å². The van der Waals surface area contributed by atoms with Crippen LogP contribution in [0.5, 0.6) is 0 Å². The minimum Gasteiger partial charge on any atom is -0.395 e. The van der Waals surface area contributed by atoms with E-state index < -0.39 is 0 Å². The van der Waals surface area contributed by atoms with E-state index in [-0.39, 0.29) is 0 Å². The number of nitrogens with zero attached hydrogens (tertiary/aromatic N) is 2. The fourth-order valence-electron chi connectivity index (χ4n) is 2.91. The van der Waals surface area contributed by atoms with E-state index >= 15 is 0 Å². The Kier molecular flexibility index (Phi) is 2.35. The van der Waals surface area contributed by atoms with Crippen molar-refractivity contribution in [2.24, 2.45) is 22.1 Å². The van der Waals surface area contributed by atoms with Gasteiger partial charge in [-0.15, -0.1) is 0 Å². The van der Waals surface area contributed by atoms with Crippen molar-refractivity contribution in [3.05, 3.63) is 0 Å². The van der Waals surface area contributed by atoms with Crippen LogP contribution in [0.2, 0.25) is 0 Å². The molecule has 0 saturated heterocycles. The molecule has 1 fully saturated rings. The third-order valence-corrected chi connectivity index (χ3v) is 3.63. The zero-order valence-corrected chi connectivity index (χ0v) is 8.82. The Morgan fingerprint density at radius 3 is 1.80 bits per heavy atom. The molecule has 0 aromatic rings. The molecular weight excluding hydrogens is 192 g/mol. The summed E-state index contributed by atoms with van der Waals surface area (Å²) in [5, 5.41) is 8.32. The molecule has 4 nitrogen and oxygen atoms in total. The molecule has 0 spiro atoms. The van der Waals surface area contributed by atoms with Crippen LogP contribution in [0.25, 0.3) is 0 Å². The van der Waals surface area contributed by atoms with E-state index in [1.807, 2.05) is 0 Å². The summed E-state index contributed by atoms with van der Waals surface area (Å²) in [7, 11) is 0. The molecule has 0 aromatic carbocycles. The molecule has 15 heavy (non-hydrogen) atoms. The molecule has 0 aromatic heterocycles. The summed E-state index contributed by atoms with van der Waals surface area (Å²) in [6.45, 7) is 1.53. The fraction of sp³-hybridized carbons (Fsp3) is 0.818. The monoisotopic (exact) mass is 208 g/mol. The highest BCUT2D eigenvalue weighted by molar-refractivity contribution is 5.96. The molecule has 1 aliphatic carbocycles. The lowest BCUT2D eigenvalue weighted by Gasteiger charge is -2.17. The van der Waals surface area contributed by atoms with Gasteiger partial charge in [0, 0.05) is 24.7 Å². The molecule has 2 aliphatic heterocycles. The quantitative estimate of drug-likeness (QED) is 0.696. The number of rotatable bonds is 2. The highest BCUT2D eigenvalue weighted by Gasteiger charge is 2.37. The number of hydrogen-bond donors (Lipinski definition) is 0. The second-order valence-corrected chi connectivity index (χ2v) is 4.48. The summed E-state index contributed by atoms with van der Waals surface area (Å²) in [5.41, 5.74) is 2.51. The van der Waals surface area contributed by atoms with Gasteiger partial charge >= 0.3 is 0 Å². The average molecular weight is 208 g/mol. The summed E-state index contributed by atoms with van der Waals surface area (Å²) in [4.78, 5) is 10.2. The number of oxime groups is 2. The van der Waals surface area contributed by atoms with E-state index in [2.05, 4.69) is 10.3 Å². The second kappa shape index (κ2) is 3.83. The Morgan fingerprint density at radius 1 is 0.867 bits per heavy atom. The predicted octanol–water partition coefficient (Wildman–Crippen LogP) is 1.96. The zero-order valence-electron chi connectivity index (χ0n) is 8.82. The standard InChI is InChI=1S/C11H16N2O2/c1-2-8(10-4-6-14-12-10)9(3-1)11-5-7-15-13-11/h8-9H,1-7H2. The summed E-state index contributed by atoms with van der Waals surface area (Å²) in [6, 6.07) is 0. The Bertz CT molecular complexity index is 282. The lowest BCUT2D eigenvalue weighted by atomic mass is 9.86. The Hall–Kier alpha value is -1.06. The van der Waals surface area contributed by atoms with Gasteiger partial charge in [0.1, 0.15) is 13.2 Å². The van der Waals surface area contributed by atoms with Gasteiger partial charge in [0.25, 0.3) is 0 Å². The van der Waals surface area contributed by atoms with E-state index in [1.165, 1.54) is 30.7 Å². The third-order valence-electron chi connectivity index (χ3n) is 3.63. The fourth-order valence-corrected chi connectivity index (χ4v) is 2.91. The maximum absolute atomic E-state index is 5.10. The SMILES string of the molecule is C1CC(C2=NOCC2)C(C2=NOCC2)C1. The van der Waals surface area contributed by atoms with Crippen molar-refractivity contribution in [2.45, 2.75) is 32.1 Å². The Morgan fingerprint density at radius 2 is 1.40 bits per heavy atom. The first-order valence-corrected chi connectivity index (χ1v) is 5.82. The average Bonchev–Trinajstić information content (AvgIpc) is 3.01. The lowest BCUT2D eigenvalue weighted by Crippen LogP contribution is -2.24.